The smallest absolute Gasteiger partial charge is 0.335 e. The molecule has 7 nitrogen and oxygen atoms in total. The molecule has 0 saturated carbocycles. The molecular weight excluding hydrogens is 288 g/mol. The molecule has 0 aliphatic carbocycles. The van der Waals surface area contributed by atoms with Crippen molar-refractivity contribution in [1.82, 2.24) is 0 Å². The lowest BCUT2D eigenvalue weighted by atomic mass is 10.2. The molecule has 0 saturated heterocycles. The first kappa shape index (κ1) is 15.2. The Balaban J connectivity index is 2.30. The van der Waals surface area contributed by atoms with Crippen molar-refractivity contribution < 1.29 is 19.6 Å². The van der Waals surface area contributed by atoms with Crippen LogP contribution in [-0.2, 0) is 0 Å². The summed E-state index contributed by atoms with van der Waals surface area (Å²) in [6.07, 6.45) is 1.43. The van der Waals surface area contributed by atoms with Crippen LogP contribution in [0, 0.1) is 10.1 Å². The Morgan fingerprint density at radius 1 is 1.27 bits per heavy atom. The summed E-state index contributed by atoms with van der Waals surface area (Å²) in [4.78, 5) is 25.2. The Morgan fingerprint density at radius 2 is 1.95 bits per heavy atom. The predicted molar refractivity (Wildman–Crippen MR) is 80.3 cm³/mol. The molecule has 2 aromatic rings. The van der Waals surface area contributed by atoms with Crippen LogP contribution >= 0.6 is 0 Å². The molecule has 0 radical (unpaired) electrons. The lowest BCUT2D eigenvalue weighted by Gasteiger charge is -2.03. The normalized spacial score (nSPS) is 10.6. The number of aromatic carboxylic acids is 1. The molecule has 0 aliphatic rings. The SMILES string of the molecule is COc1ccc([N+](=O)[O-])cc1C=Nc1ccc(C(=O)O)cc1. The van der Waals surface area contributed by atoms with E-state index >= 15 is 0 Å². The Kier molecular flexibility index (Phi) is 4.47. The number of nitro groups is 1. The van der Waals surface area contributed by atoms with Gasteiger partial charge in [-0.15, -0.1) is 0 Å². The van der Waals surface area contributed by atoms with Crippen LogP contribution in [0.1, 0.15) is 15.9 Å². The molecule has 0 atom stereocenters. The number of nitrogens with zero attached hydrogens (tertiary/aromatic N) is 2. The molecule has 112 valence electrons. The van der Waals surface area contributed by atoms with Crippen LogP contribution in [0.2, 0.25) is 0 Å². The molecule has 0 unspecified atom stereocenters. The lowest BCUT2D eigenvalue weighted by molar-refractivity contribution is -0.384. The molecule has 2 rings (SSSR count). The van der Waals surface area contributed by atoms with Gasteiger partial charge in [0.15, 0.2) is 0 Å². The third-order valence-corrected chi connectivity index (χ3v) is 2.89. The zero-order valence-electron chi connectivity index (χ0n) is 11.6. The van der Waals surface area contributed by atoms with Crippen LogP contribution in [0.3, 0.4) is 0 Å². The van der Waals surface area contributed by atoms with Crippen molar-refractivity contribution in [3.05, 3.63) is 63.7 Å². The highest BCUT2D eigenvalue weighted by molar-refractivity contribution is 5.89. The number of aliphatic imine (C=N–C) groups is 1. The maximum atomic E-state index is 10.8. The van der Waals surface area contributed by atoms with Crippen LogP contribution in [0.4, 0.5) is 11.4 Å². The summed E-state index contributed by atoms with van der Waals surface area (Å²) >= 11 is 0. The van der Waals surface area contributed by atoms with Gasteiger partial charge in [-0.05, 0) is 30.3 Å². The highest BCUT2D eigenvalue weighted by Gasteiger charge is 2.09. The zero-order valence-corrected chi connectivity index (χ0v) is 11.6. The molecule has 2 aromatic carbocycles. The van der Waals surface area contributed by atoms with E-state index in [2.05, 4.69) is 4.99 Å². The first-order valence-electron chi connectivity index (χ1n) is 6.21. The fourth-order valence-corrected chi connectivity index (χ4v) is 1.77. The van der Waals surface area contributed by atoms with Gasteiger partial charge in [-0.2, -0.15) is 0 Å². The zero-order chi connectivity index (χ0) is 16.1. The van der Waals surface area contributed by atoms with Gasteiger partial charge in [-0.1, -0.05) is 0 Å². The van der Waals surface area contributed by atoms with E-state index in [0.29, 0.717) is 17.0 Å². The molecule has 0 spiro atoms. The van der Waals surface area contributed by atoms with E-state index in [1.54, 1.807) is 12.1 Å². The topological polar surface area (TPSA) is 102 Å². The van der Waals surface area contributed by atoms with E-state index in [-0.39, 0.29) is 11.3 Å². The van der Waals surface area contributed by atoms with Gasteiger partial charge in [0.05, 0.1) is 23.3 Å². The summed E-state index contributed by atoms with van der Waals surface area (Å²) in [5.74, 6) is -0.563. The quantitative estimate of drug-likeness (QED) is 0.519. The summed E-state index contributed by atoms with van der Waals surface area (Å²) in [5.41, 5.74) is 1.08. The number of rotatable bonds is 5. The number of hydrogen-bond donors (Lipinski definition) is 1. The number of non-ortho nitro benzene ring substituents is 1. The third kappa shape index (κ3) is 3.45. The average Bonchev–Trinajstić information content (AvgIpc) is 2.52. The van der Waals surface area contributed by atoms with Crippen LogP contribution in [-0.4, -0.2) is 29.3 Å². The van der Waals surface area contributed by atoms with E-state index in [4.69, 9.17) is 9.84 Å². The maximum absolute atomic E-state index is 10.8. The number of carboxylic acids is 1. The van der Waals surface area contributed by atoms with E-state index < -0.39 is 10.9 Å². The summed E-state index contributed by atoms with van der Waals surface area (Å²) in [7, 11) is 1.46. The fraction of sp³-hybridized carbons (Fsp3) is 0.0667. The summed E-state index contributed by atoms with van der Waals surface area (Å²) in [6, 6.07) is 10.1. The van der Waals surface area contributed by atoms with Gasteiger partial charge in [0.25, 0.3) is 5.69 Å². The Bertz CT molecular complexity index is 738. The van der Waals surface area contributed by atoms with Crippen LogP contribution in [0.25, 0.3) is 0 Å². The molecular formula is C15H12N2O5. The minimum absolute atomic E-state index is 0.0662. The molecule has 22 heavy (non-hydrogen) atoms. The standard InChI is InChI=1S/C15H12N2O5/c1-22-14-7-6-13(17(20)21)8-11(14)9-16-12-4-2-10(3-5-12)15(18)19/h2-9H,1H3,(H,18,19). The molecule has 0 bridgehead atoms. The van der Waals surface area contributed by atoms with E-state index in [1.807, 2.05) is 0 Å². The Hall–Kier alpha value is -3.22. The van der Waals surface area contributed by atoms with Gasteiger partial charge in [-0.3, -0.25) is 15.1 Å². The number of benzene rings is 2. The number of nitro benzene ring substituents is 1. The summed E-state index contributed by atoms with van der Waals surface area (Å²) in [6.45, 7) is 0. The Labute approximate surface area is 125 Å². The van der Waals surface area contributed by atoms with Gasteiger partial charge < -0.3 is 9.84 Å². The number of carbonyl (C=O) groups is 1. The molecule has 1 N–H and O–H groups in total. The van der Waals surface area contributed by atoms with Gasteiger partial charge in [0, 0.05) is 23.9 Å². The minimum Gasteiger partial charge on any atom is -0.496 e. The maximum Gasteiger partial charge on any atom is 0.335 e. The van der Waals surface area contributed by atoms with Crippen molar-refractivity contribution in [2.45, 2.75) is 0 Å². The van der Waals surface area contributed by atoms with E-state index in [1.165, 1.54) is 43.7 Å². The van der Waals surface area contributed by atoms with Gasteiger partial charge in [0.1, 0.15) is 5.75 Å². The van der Waals surface area contributed by atoms with E-state index in [9.17, 15) is 14.9 Å². The molecule has 0 fully saturated rings. The molecule has 0 amide bonds. The summed E-state index contributed by atoms with van der Waals surface area (Å²) in [5, 5.41) is 19.6. The second-order valence-electron chi connectivity index (χ2n) is 4.29. The third-order valence-electron chi connectivity index (χ3n) is 2.89. The fourth-order valence-electron chi connectivity index (χ4n) is 1.77. The number of carboxylic acid groups (broad SMARTS) is 1. The van der Waals surface area contributed by atoms with Crippen LogP contribution < -0.4 is 4.74 Å². The van der Waals surface area contributed by atoms with Crippen molar-refractivity contribution in [1.29, 1.82) is 0 Å². The molecule has 0 heterocycles. The first-order chi connectivity index (χ1) is 10.5. The predicted octanol–water partition coefficient (Wildman–Crippen LogP) is 3.05. The monoisotopic (exact) mass is 300 g/mol. The van der Waals surface area contributed by atoms with Gasteiger partial charge in [0.2, 0.25) is 0 Å². The number of ether oxygens (including phenoxy) is 1. The highest BCUT2D eigenvalue weighted by atomic mass is 16.6. The van der Waals surface area contributed by atoms with Crippen molar-refractivity contribution in [2.75, 3.05) is 7.11 Å². The molecule has 0 aromatic heterocycles. The van der Waals surface area contributed by atoms with Gasteiger partial charge in [-0.25, -0.2) is 4.79 Å². The second-order valence-corrected chi connectivity index (χ2v) is 4.29. The highest BCUT2D eigenvalue weighted by Crippen LogP contribution is 2.23. The largest absolute Gasteiger partial charge is 0.496 e. The molecule has 7 heteroatoms. The second kappa shape index (κ2) is 6.49. The minimum atomic E-state index is -1.02. The average molecular weight is 300 g/mol. The number of methoxy groups -OCH3 is 1. The van der Waals surface area contributed by atoms with Crippen LogP contribution in [0.15, 0.2) is 47.5 Å². The first-order valence-corrected chi connectivity index (χ1v) is 6.21. The van der Waals surface area contributed by atoms with Crippen molar-refractivity contribution in [3.8, 4) is 5.75 Å². The van der Waals surface area contributed by atoms with Crippen molar-refractivity contribution in [3.63, 3.8) is 0 Å². The lowest BCUT2D eigenvalue weighted by Crippen LogP contribution is -1.95. The van der Waals surface area contributed by atoms with Gasteiger partial charge >= 0.3 is 5.97 Å². The van der Waals surface area contributed by atoms with Crippen molar-refractivity contribution >= 4 is 23.6 Å². The van der Waals surface area contributed by atoms with Crippen molar-refractivity contribution in [2.24, 2.45) is 4.99 Å². The molecule has 0 aliphatic heterocycles. The number of hydrogen-bond acceptors (Lipinski definition) is 5. The van der Waals surface area contributed by atoms with E-state index in [0.717, 1.165) is 0 Å². The Morgan fingerprint density at radius 3 is 2.50 bits per heavy atom. The summed E-state index contributed by atoms with van der Waals surface area (Å²) < 4.78 is 5.13. The van der Waals surface area contributed by atoms with Crippen LogP contribution in [0.5, 0.6) is 5.75 Å².